The molecule has 0 spiro atoms. The standard InChI is InChI=1S/C23H33N2/c1-2-24(15-7-3-8-16-25-17-9-4-10-18-25)20-21-13-14-22-11-5-6-12-23(22)19-21/h4-6,11-14,19H,2-3,7-10,15-18,20H2,1H3. The Morgan fingerprint density at radius 1 is 0.920 bits per heavy atom. The molecule has 0 bridgehead atoms. The molecule has 1 saturated heterocycles. The molecule has 135 valence electrons. The van der Waals surface area contributed by atoms with Crippen molar-refractivity contribution in [1.29, 1.82) is 0 Å². The predicted octanol–water partition coefficient (Wildman–Crippen LogP) is 5.13. The van der Waals surface area contributed by atoms with Gasteiger partial charge in [-0.1, -0.05) is 49.7 Å². The highest BCUT2D eigenvalue weighted by Gasteiger charge is 2.09. The Bertz CT molecular complexity index is 631. The lowest BCUT2D eigenvalue weighted by atomic mass is 10.1. The fourth-order valence-corrected chi connectivity index (χ4v) is 3.82. The number of piperidine rings is 1. The van der Waals surface area contributed by atoms with Gasteiger partial charge in [0.15, 0.2) is 0 Å². The molecule has 0 unspecified atom stereocenters. The van der Waals surface area contributed by atoms with Crippen molar-refractivity contribution in [2.45, 2.75) is 45.6 Å². The minimum absolute atomic E-state index is 1.07. The summed E-state index contributed by atoms with van der Waals surface area (Å²) in [5.41, 5.74) is 1.44. The molecule has 2 aromatic carbocycles. The van der Waals surface area contributed by atoms with Crippen LogP contribution < -0.4 is 0 Å². The fraction of sp³-hybridized carbons (Fsp3) is 0.522. The molecule has 0 aliphatic carbocycles. The van der Waals surface area contributed by atoms with Gasteiger partial charge in [0.2, 0.25) is 0 Å². The molecule has 0 saturated carbocycles. The summed E-state index contributed by atoms with van der Waals surface area (Å²) in [6, 6.07) is 15.6. The van der Waals surface area contributed by atoms with E-state index in [9.17, 15) is 0 Å². The van der Waals surface area contributed by atoms with E-state index >= 15 is 0 Å². The summed E-state index contributed by atoms with van der Waals surface area (Å²) in [5, 5.41) is 2.69. The Morgan fingerprint density at radius 2 is 1.72 bits per heavy atom. The average molecular weight is 338 g/mol. The maximum atomic E-state index is 2.63. The van der Waals surface area contributed by atoms with Gasteiger partial charge in [-0.05, 0) is 87.2 Å². The van der Waals surface area contributed by atoms with E-state index in [1.807, 2.05) is 0 Å². The number of rotatable bonds is 9. The second kappa shape index (κ2) is 9.94. The van der Waals surface area contributed by atoms with Crippen LogP contribution >= 0.6 is 0 Å². The summed E-state index contributed by atoms with van der Waals surface area (Å²) in [7, 11) is 0. The van der Waals surface area contributed by atoms with Crippen molar-refractivity contribution in [1.82, 2.24) is 9.80 Å². The quantitative estimate of drug-likeness (QED) is 0.585. The summed E-state index contributed by atoms with van der Waals surface area (Å²) in [6.45, 7) is 9.57. The van der Waals surface area contributed by atoms with Crippen molar-refractivity contribution in [3.63, 3.8) is 0 Å². The van der Waals surface area contributed by atoms with E-state index in [4.69, 9.17) is 0 Å². The van der Waals surface area contributed by atoms with Gasteiger partial charge in [-0.3, -0.25) is 4.90 Å². The molecule has 1 radical (unpaired) electrons. The second-order valence-corrected chi connectivity index (χ2v) is 7.32. The van der Waals surface area contributed by atoms with Crippen LogP contribution in [0.1, 0.15) is 44.6 Å². The normalized spacial score (nSPS) is 15.9. The average Bonchev–Trinajstić information content (AvgIpc) is 2.67. The van der Waals surface area contributed by atoms with Gasteiger partial charge >= 0.3 is 0 Å². The predicted molar refractivity (Wildman–Crippen MR) is 109 cm³/mol. The van der Waals surface area contributed by atoms with Crippen molar-refractivity contribution in [2.24, 2.45) is 0 Å². The Morgan fingerprint density at radius 3 is 2.52 bits per heavy atom. The van der Waals surface area contributed by atoms with Crippen molar-refractivity contribution < 1.29 is 0 Å². The van der Waals surface area contributed by atoms with Gasteiger partial charge in [0.25, 0.3) is 0 Å². The molecular weight excluding hydrogens is 304 g/mol. The van der Waals surface area contributed by atoms with Gasteiger partial charge in [0.1, 0.15) is 0 Å². The van der Waals surface area contributed by atoms with Crippen LogP contribution in [0.4, 0.5) is 0 Å². The minimum Gasteiger partial charge on any atom is -0.303 e. The zero-order valence-electron chi connectivity index (χ0n) is 15.8. The van der Waals surface area contributed by atoms with Gasteiger partial charge in [0, 0.05) is 6.54 Å². The molecule has 1 aliphatic rings. The number of likely N-dealkylation sites (tertiary alicyclic amines) is 1. The molecule has 2 heteroatoms. The van der Waals surface area contributed by atoms with Crippen molar-refractivity contribution in [2.75, 3.05) is 32.7 Å². The van der Waals surface area contributed by atoms with E-state index in [0.717, 1.165) is 13.1 Å². The molecule has 1 fully saturated rings. The Balaban J connectivity index is 1.39. The molecule has 0 N–H and O–H groups in total. The number of nitrogens with zero attached hydrogens (tertiary/aromatic N) is 2. The molecule has 3 rings (SSSR count). The first-order valence-electron chi connectivity index (χ1n) is 10.1. The van der Waals surface area contributed by atoms with Crippen LogP contribution in [-0.4, -0.2) is 42.5 Å². The second-order valence-electron chi connectivity index (χ2n) is 7.32. The van der Waals surface area contributed by atoms with Crippen LogP contribution in [-0.2, 0) is 6.54 Å². The van der Waals surface area contributed by atoms with E-state index in [0.29, 0.717) is 0 Å². The smallest absolute Gasteiger partial charge is 0.0233 e. The van der Waals surface area contributed by atoms with E-state index in [1.54, 1.807) is 0 Å². The van der Waals surface area contributed by atoms with Crippen molar-refractivity contribution in [3.8, 4) is 0 Å². The van der Waals surface area contributed by atoms with Crippen LogP contribution in [0.2, 0.25) is 0 Å². The SMILES string of the molecule is CCN(CCCCCN1CC[CH]CC1)Cc1ccc2ccccc2c1. The molecule has 1 heterocycles. The van der Waals surface area contributed by atoms with Gasteiger partial charge in [0.05, 0.1) is 0 Å². The number of benzene rings is 2. The van der Waals surface area contributed by atoms with Crippen LogP contribution in [0, 0.1) is 6.42 Å². The number of fused-ring (bicyclic) bond motifs is 1. The molecule has 25 heavy (non-hydrogen) atoms. The summed E-state index contributed by atoms with van der Waals surface area (Å²) >= 11 is 0. The lowest BCUT2D eigenvalue weighted by Crippen LogP contribution is -2.31. The van der Waals surface area contributed by atoms with Gasteiger partial charge in [-0.2, -0.15) is 0 Å². The lowest BCUT2D eigenvalue weighted by Gasteiger charge is -2.26. The first kappa shape index (κ1) is 18.4. The molecule has 0 amide bonds. The zero-order chi connectivity index (χ0) is 17.3. The largest absolute Gasteiger partial charge is 0.303 e. The van der Waals surface area contributed by atoms with E-state index in [2.05, 4.69) is 65.6 Å². The highest BCUT2D eigenvalue weighted by Crippen LogP contribution is 2.17. The highest BCUT2D eigenvalue weighted by atomic mass is 15.1. The van der Waals surface area contributed by atoms with Crippen molar-refractivity contribution in [3.05, 3.63) is 54.4 Å². The van der Waals surface area contributed by atoms with Crippen LogP contribution in [0.15, 0.2) is 42.5 Å². The lowest BCUT2D eigenvalue weighted by molar-refractivity contribution is 0.240. The Labute approximate surface area is 153 Å². The summed E-state index contributed by atoms with van der Waals surface area (Å²) in [6.07, 6.45) is 9.04. The van der Waals surface area contributed by atoms with Crippen LogP contribution in [0.3, 0.4) is 0 Å². The third-order valence-electron chi connectivity index (χ3n) is 5.41. The molecule has 1 aliphatic heterocycles. The molecule has 0 aromatic heterocycles. The maximum absolute atomic E-state index is 2.63. The van der Waals surface area contributed by atoms with Gasteiger partial charge in [-0.25, -0.2) is 0 Å². The first-order valence-corrected chi connectivity index (χ1v) is 10.1. The summed E-state index contributed by atoms with van der Waals surface area (Å²) < 4.78 is 0. The molecule has 0 atom stereocenters. The summed E-state index contributed by atoms with van der Waals surface area (Å²) in [5.74, 6) is 0. The molecule has 2 nitrogen and oxygen atoms in total. The monoisotopic (exact) mass is 337 g/mol. The number of hydrogen-bond donors (Lipinski definition) is 0. The molecular formula is C23H33N2. The van der Waals surface area contributed by atoms with Gasteiger partial charge in [-0.15, -0.1) is 0 Å². The topological polar surface area (TPSA) is 6.48 Å². The number of hydrogen-bond acceptors (Lipinski definition) is 2. The zero-order valence-corrected chi connectivity index (χ0v) is 15.8. The van der Waals surface area contributed by atoms with E-state index in [-0.39, 0.29) is 0 Å². The Kier molecular flexibility index (Phi) is 7.32. The number of unbranched alkanes of at least 4 members (excludes halogenated alkanes) is 2. The molecule has 2 aromatic rings. The van der Waals surface area contributed by atoms with E-state index in [1.165, 1.54) is 74.6 Å². The van der Waals surface area contributed by atoms with Crippen LogP contribution in [0.25, 0.3) is 10.8 Å². The van der Waals surface area contributed by atoms with Gasteiger partial charge < -0.3 is 4.90 Å². The minimum atomic E-state index is 1.07. The third kappa shape index (κ3) is 5.83. The van der Waals surface area contributed by atoms with Crippen molar-refractivity contribution >= 4 is 10.8 Å². The maximum Gasteiger partial charge on any atom is 0.0233 e. The third-order valence-corrected chi connectivity index (χ3v) is 5.41. The Hall–Kier alpha value is -1.38. The summed E-state index contributed by atoms with van der Waals surface area (Å²) in [4.78, 5) is 5.21. The van der Waals surface area contributed by atoms with E-state index < -0.39 is 0 Å². The fourth-order valence-electron chi connectivity index (χ4n) is 3.82. The first-order chi connectivity index (χ1) is 12.3. The highest BCUT2D eigenvalue weighted by molar-refractivity contribution is 5.82. The van der Waals surface area contributed by atoms with Crippen LogP contribution in [0.5, 0.6) is 0 Å².